The number of pyridine rings is 1. The second kappa shape index (κ2) is 24.0. The highest BCUT2D eigenvalue weighted by atomic mass is 16.7. The normalized spacial score (nSPS) is 30.7. The van der Waals surface area contributed by atoms with Gasteiger partial charge in [0.2, 0.25) is 0 Å². The summed E-state index contributed by atoms with van der Waals surface area (Å²) >= 11 is 0. The number of allylic oxidation sites excluding steroid dienone is 3. The van der Waals surface area contributed by atoms with E-state index in [4.69, 9.17) is 14.2 Å². The van der Waals surface area contributed by atoms with Crippen molar-refractivity contribution >= 4 is 22.7 Å². The Morgan fingerprint density at radius 1 is 0.925 bits per heavy atom. The van der Waals surface area contributed by atoms with E-state index in [-0.39, 0.29) is 18.1 Å². The van der Waals surface area contributed by atoms with Crippen molar-refractivity contribution in [2.24, 2.45) is 23.7 Å². The van der Waals surface area contributed by atoms with Gasteiger partial charge in [-0.25, -0.2) is 4.68 Å². The number of cyclic esters (lactones) is 1. The number of carbonyl (C=O) groups is 2. The fourth-order valence-electron chi connectivity index (χ4n) is 9.59. The molecule has 4 heterocycles. The van der Waals surface area contributed by atoms with Gasteiger partial charge < -0.3 is 39.3 Å². The molecule has 0 spiro atoms. The van der Waals surface area contributed by atoms with Crippen LogP contribution in [-0.4, -0.2) is 152 Å². The highest BCUT2D eigenvalue weighted by molar-refractivity contribution is 5.91. The van der Waals surface area contributed by atoms with E-state index in [1.165, 1.54) is 0 Å². The summed E-state index contributed by atoms with van der Waals surface area (Å²) in [6, 6.07) is 19.4. The molecule has 2 aliphatic rings. The molecule has 1 fully saturated rings. The summed E-state index contributed by atoms with van der Waals surface area (Å²) in [7, 11) is 7.49. The van der Waals surface area contributed by atoms with Crippen LogP contribution in [0.1, 0.15) is 71.6 Å². The Morgan fingerprint density at radius 3 is 2.37 bits per heavy atom. The molecule has 15 nitrogen and oxygen atoms in total. The molecule has 12 atom stereocenters. The molecule has 0 saturated carbocycles. The molecular formula is C52H73N7O8. The lowest BCUT2D eigenvalue weighted by Gasteiger charge is -2.46. The molecule has 6 rings (SSSR count). The number of ether oxygens (including phenoxy) is 3. The van der Waals surface area contributed by atoms with Gasteiger partial charge in [0.15, 0.2) is 12.1 Å². The standard InChI is InChI=1S/C52H73N7O8/c1-10-46-40(30-56(6)7)24-33(2)20-21-44(60)34(3)25-39(51(35(4)45(61)27-47(62)66-46)67-52-50(64)48(57(8)9)49(63)36(5)65-52)22-23-58(29-37-16-12-11-13-17-37)31-41-32-59(55-54-41)42-26-38-18-14-15-19-43(38)53-28-42/h11-21,24,26,28,32,34-36,39-40,45-46,48-52,61,63-64H,10,22-23,25,27,29-31H2,1-9H3/b21-20+,33-24+/t34-,35+,36-,39+,40-,45-,46-,48+,49-,50-,51-,52+/m1/s1. The molecule has 0 bridgehead atoms. The zero-order valence-electron chi connectivity index (χ0n) is 40.8. The van der Waals surface area contributed by atoms with Crippen LogP contribution in [0.15, 0.2) is 96.9 Å². The van der Waals surface area contributed by atoms with E-state index in [0.29, 0.717) is 45.4 Å². The van der Waals surface area contributed by atoms with Gasteiger partial charge in [0.05, 0.1) is 66.2 Å². The molecule has 67 heavy (non-hydrogen) atoms. The van der Waals surface area contributed by atoms with Crippen LogP contribution in [0.3, 0.4) is 0 Å². The topological polar surface area (TPSA) is 176 Å². The maximum atomic E-state index is 14.1. The summed E-state index contributed by atoms with van der Waals surface area (Å²) in [5.41, 5.74) is 4.39. The molecular weight excluding hydrogens is 851 g/mol. The molecule has 1 saturated heterocycles. The van der Waals surface area contributed by atoms with Crippen LogP contribution >= 0.6 is 0 Å². The number of likely N-dealkylation sites (N-methyl/N-ethyl adjacent to an activating group) is 1. The van der Waals surface area contributed by atoms with E-state index >= 15 is 0 Å². The number of hydrogen-bond donors (Lipinski definition) is 3. The van der Waals surface area contributed by atoms with Crippen molar-refractivity contribution < 1.29 is 39.1 Å². The van der Waals surface area contributed by atoms with E-state index in [1.807, 2.05) is 107 Å². The first-order chi connectivity index (χ1) is 32.0. The number of ketones is 1. The molecule has 0 radical (unpaired) electrons. The lowest BCUT2D eigenvalue weighted by molar-refractivity contribution is -0.304. The molecule has 0 aliphatic carbocycles. The summed E-state index contributed by atoms with van der Waals surface area (Å²) in [5, 5.41) is 45.0. The van der Waals surface area contributed by atoms with Crippen LogP contribution in [0.5, 0.6) is 0 Å². The number of fused-ring (bicyclic) bond motifs is 1. The van der Waals surface area contributed by atoms with E-state index in [9.17, 15) is 24.9 Å². The number of esters is 1. The van der Waals surface area contributed by atoms with Crippen LogP contribution in [0.2, 0.25) is 0 Å². The molecule has 2 aromatic heterocycles. The Morgan fingerprint density at radius 2 is 1.66 bits per heavy atom. The number of aromatic nitrogens is 4. The van der Waals surface area contributed by atoms with Gasteiger partial charge in [-0.1, -0.05) is 92.2 Å². The third kappa shape index (κ3) is 13.9. The monoisotopic (exact) mass is 924 g/mol. The van der Waals surface area contributed by atoms with Crippen molar-refractivity contribution in [2.75, 3.05) is 41.3 Å². The summed E-state index contributed by atoms with van der Waals surface area (Å²) < 4.78 is 21.0. The predicted molar refractivity (Wildman–Crippen MR) is 258 cm³/mol. The molecule has 364 valence electrons. The maximum absolute atomic E-state index is 14.1. The highest BCUT2D eigenvalue weighted by Crippen LogP contribution is 2.35. The van der Waals surface area contributed by atoms with Gasteiger partial charge in [-0.05, 0) is 97.5 Å². The number of benzene rings is 2. The first kappa shape index (κ1) is 51.7. The molecule has 0 unspecified atom stereocenters. The quantitative estimate of drug-likeness (QED) is 0.133. The Labute approximate surface area is 396 Å². The molecule has 4 aromatic rings. The Kier molecular flexibility index (Phi) is 18.5. The number of rotatable bonds is 14. The maximum Gasteiger partial charge on any atom is 0.308 e. The van der Waals surface area contributed by atoms with Crippen molar-refractivity contribution in [3.8, 4) is 5.69 Å². The third-order valence-corrected chi connectivity index (χ3v) is 13.4. The summed E-state index contributed by atoms with van der Waals surface area (Å²) in [5.74, 6) is -2.30. The predicted octanol–water partition coefficient (Wildman–Crippen LogP) is 5.60. The summed E-state index contributed by atoms with van der Waals surface area (Å²) in [6.07, 6.45) is 3.67. The van der Waals surface area contributed by atoms with Crippen LogP contribution in [0.25, 0.3) is 16.6 Å². The number of carbonyl (C=O) groups excluding carboxylic acids is 2. The third-order valence-electron chi connectivity index (χ3n) is 13.4. The SMILES string of the molecule is CC[C@H]1OC(=O)C[C@@H](O)[C@H](C)[C@@H](O[C@@H]2O[C@H](C)[C@@H](O)[C@H](N(C)C)[C@H]2O)[C@@H](CCN(Cc2ccccc2)Cc2cn(-c3cnc4ccccc4c3)nn2)C[C@@H](C)C(=O)/C=C/C(C)=C/[C@@H]1CN(C)C. The summed E-state index contributed by atoms with van der Waals surface area (Å²) in [6.45, 7) is 11.5. The Hall–Kier alpha value is -4.71. The number of nitrogens with zero attached hydrogens (tertiary/aromatic N) is 7. The van der Waals surface area contributed by atoms with Crippen LogP contribution in [-0.2, 0) is 36.9 Å². The van der Waals surface area contributed by atoms with Gasteiger partial charge in [-0.3, -0.25) is 19.5 Å². The van der Waals surface area contributed by atoms with Crippen molar-refractivity contribution in [2.45, 2.75) is 122 Å². The van der Waals surface area contributed by atoms with Crippen LogP contribution < -0.4 is 0 Å². The van der Waals surface area contributed by atoms with Gasteiger partial charge in [0.25, 0.3) is 0 Å². The van der Waals surface area contributed by atoms with Crippen LogP contribution in [0, 0.1) is 23.7 Å². The average Bonchev–Trinajstić information content (AvgIpc) is 3.77. The first-order valence-electron chi connectivity index (χ1n) is 23.8. The van der Waals surface area contributed by atoms with E-state index < -0.39 is 72.7 Å². The fourth-order valence-corrected chi connectivity index (χ4v) is 9.59. The van der Waals surface area contributed by atoms with Crippen molar-refractivity contribution in [3.63, 3.8) is 0 Å². The minimum Gasteiger partial charge on any atom is -0.462 e. The zero-order valence-corrected chi connectivity index (χ0v) is 40.8. The smallest absolute Gasteiger partial charge is 0.308 e. The van der Waals surface area contributed by atoms with Crippen LogP contribution in [0.4, 0.5) is 0 Å². The minimum absolute atomic E-state index is 0.0567. The zero-order chi connectivity index (χ0) is 48.4. The van der Waals surface area contributed by atoms with E-state index in [2.05, 4.69) is 38.4 Å². The highest BCUT2D eigenvalue weighted by Gasteiger charge is 2.47. The number of aliphatic hydroxyl groups is 3. The van der Waals surface area contributed by atoms with Gasteiger partial charge in [-0.2, -0.15) is 0 Å². The van der Waals surface area contributed by atoms with E-state index in [1.54, 1.807) is 42.9 Å². The van der Waals surface area contributed by atoms with Crippen molar-refractivity contribution in [1.29, 1.82) is 0 Å². The van der Waals surface area contributed by atoms with Gasteiger partial charge >= 0.3 is 5.97 Å². The lowest BCUT2D eigenvalue weighted by atomic mass is 9.79. The molecule has 15 heteroatoms. The fraction of sp³-hybridized carbons (Fsp3) is 0.558. The van der Waals surface area contributed by atoms with Crippen molar-refractivity contribution in [3.05, 3.63) is 108 Å². The second-order valence-corrected chi connectivity index (χ2v) is 19.3. The van der Waals surface area contributed by atoms with Crippen molar-refractivity contribution in [1.82, 2.24) is 34.7 Å². The lowest BCUT2D eigenvalue weighted by Crippen LogP contribution is -2.63. The Balaban J connectivity index is 1.36. The average molecular weight is 924 g/mol. The first-order valence-corrected chi connectivity index (χ1v) is 23.8. The minimum atomic E-state index is -1.26. The molecule has 0 amide bonds. The number of aliphatic hydroxyl groups excluding tert-OH is 3. The van der Waals surface area contributed by atoms with Gasteiger partial charge in [0.1, 0.15) is 12.2 Å². The van der Waals surface area contributed by atoms with Gasteiger partial charge in [0, 0.05) is 42.8 Å². The molecule has 2 aliphatic heterocycles. The Bertz CT molecular complexity index is 2270. The van der Waals surface area contributed by atoms with Gasteiger partial charge in [-0.15, -0.1) is 5.10 Å². The molecule has 3 N–H and O–H groups in total. The number of para-hydroxylation sites is 1. The molecule has 2 aromatic carbocycles. The largest absolute Gasteiger partial charge is 0.462 e. The number of hydrogen-bond acceptors (Lipinski definition) is 14. The second-order valence-electron chi connectivity index (χ2n) is 19.3. The summed E-state index contributed by atoms with van der Waals surface area (Å²) in [4.78, 5) is 38.6. The van der Waals surface area contributed by atoms with E-state index in [0.717, 1.165) is 33.4 Å².